The highest BCUT2D eigenvalue weighted by Gasteiger charge is 2.07. The lowest BCUT2D eigenvalue weighted by Crippen LogP contribution is -2.04. The maximum absolute atomic E-state index is 4.10. The number of anilines is 1. The lowest BCUT2D eigenvalue weighted by atomic mass is 10.4. The number of aromatic nitrogens is 4. The van der Waals surface area contributed by atoms with Gasteiger partial charge in [0.05, 0.1) is 12.9 Å². The SMILES string of the molecule is CCCNc1snnc1Cn1ccnc1. The number of hydrogen-bond acceptors (Lipinski definition) is 5. The molecule has 2 aromatic heterocycles. The molecule has 0 bridgehead atoms. The van der Waals surface area contributed by atoms with E-state index in [-0.39, 0.29) is 0 Å². The Bertz CT molecular complexity index is 394. The third kappa shape index (κ3) is 2.53. The summed E-state index contributed by atoms with van der Waals surface area (Å²) in [6.07, 6.45) is 6.56. The van der Waals surface area contributed by atoms with Gasteiger partial charge in [0.15, 0.2) is 0 Å². The van der Waals surface area contributed by atoms with Crippen molar-refractivity contribution in [3.8, 4) is 0 Å². The first-order valence-corrected chi connectivity index (χ1v) is 5.68. The van der Waals surface area contributed by atoms with Crippen LogP contribution in [0.1, 0.15) is 19.0 Å². The van der Waals surface area contributed by atoms with Crippen LogP contribution in [0.25, 0.3) is 0 Å². The Labute approximate surface area is 92.3 Å². The second kappa shape index (κ2) is 4.88. The van der Waals surface area contributed by atoms with Gasteiger partial charge in [-0.05, 0) is 6.42 Å². The van der Waals surface area contributed by atoms with Crippen molar-refractivity contribution < 1.29 is 0 Å². The number of nitrogens with one attached hydrogen (secondary N) is 1. The highest BCUT2D eigenvalue weighted by atomic mass is 32.1. The zero-order chi connectivity index (χ0) is 10.5. The number of nitrogens with zero attached hydrogens (tertiary/aromatic N) is 4. The molecule has 15 heavy (non-hydrogen) atoms. The Morgan fingerprint density at radius 2 is 2.47 bits per heavy atom. The lowest BCUT2D eigenvalue weighted by molar-refractivity contribution is 0.767. The summed E-state index contributed by atoms with van der Waals surface area (Å²) >= 11 is 1.41. The van der Waals surface area contributed by atoms with Gasteiger partial charge in [-0.1, -0.05) is 11.4 Å². The Morgan fingerprint density at radius 3 is 3.20 bits per heavy atom. The molecule has 0 radical (unpaired) electrons. The van der Waals surface area contributed by atoms with Crippen molar-refractivity contribution in [3.05, 3.63) is 24.4 Å². The molecule has 6 heteroatoms. The Morgan fingerprint density at radius 1 is 1.53 bits per heavy atom. The molecule has 0 amide bonds. The van der Waals surface area contributed by atoms with Gasteiger partial charge in [-0.3, -0.25) is 0 Å². The van der Waals surface area contributed by atoms with Gasteiger partial charge in [0, 0.05) is 30.5 Å². The molecule has 0 aliphatic heterocycles. The molecule has 2 heterocycles. The van der Waals surface area contributed by atoms with E-state index in [2.05, 4.69) is 26.8 Å². The van der Waals surface area contributed by atoms with Gasteiger partial charge in [0.2, 0.25) is 0 Å². The molecule has 0 unspecified atom stereocenters. The highest BCUT2D eigenvalue weighted by molar-refractivity contribution is 7.10. The van der Waals surface area contributed by atoms with E-state index in [9.17, 15) is 0 Å². The summed E-state index contributed by atoms with van der Waals surface area (Å²) < 4.78 is 5.93. The van der Waals surface area contributed by atoms with Gasteiger partial charge in [-0.25, -0.2) is 4.98 Å². The average molecular weight is 223 g/mol. The minimum Gasteiger partial charge on any atom is -0.374 e. The number of imidazole rings is 1. The lowest BCUT2D eigenvalue weighted by Gasteiger charge is -2.03. The predicted molar refractivity (Wildman–Crippen MR) is 60.0 cm³/mol. The number of rotatable bonds is 5. The molecule has 0 aliphatic rings. The Balaban J connectivity index is 2.04. The molecular weight excluding hydrogens is 210 g/mol. The monoisotopic (exact) mass is 223 g/mol. The third-order valence-corrected chi connectivity index (χ3v) is 2.71. The van der Waals surface area contributed by atoms with Crippen LogP contribution in [0.15, 0.2) is 18.7 Å². The average Bonchev–Trinajstić information content (AvgIpc) is 2.87. The zero-order valence-electron chi connectivity index (χ0n) is 8.55. The fourth-order valence-electron chi connectivity index (χ4n) is 1.24. The molecule has 0 spiro atoms. The Kier molecular flexibility index (Phi) is 3.29. The van der Waals surface area contributed by atoms with E-state index in [1.165, 1.54) is 11.5 Å². The molecule has 0 atom stereocenters. The first kappa shape index (κ1) is 10.1. The van der Waals surface area contributed by atoms with Gasteiger partial charge in [-0.15, -0.1) is 5.10 Å². The summed E-state index contributed by atoms with van der Waals surface area (Å²) in [4.78, 5) is 3.99. The van der Waals surface area contributed by atoms with E-state index in [0.717, 1.165) is 30.2 Å². The van der Waals surface area contributed by atoms with E-state index in [1.54, 1.807) is 12.5 Å². The van der Waals surface area contributed by atoms with Crippen LogP contribution in [0.4, 0.5) is 5.00 Å². The largest absolute Gasteiger partial charge is 0.374 e. The van der Waals surface area contributed by atoms with Crippen LogP contribution < -0.4 is 5.32 Å². The molecule has 1 N–H and O–H groups in total. The topological polar surface area (TPSA) is 55.6 Å². The van der Waals surface area contributed by atoms with E-state index in [4.69, 9.17) is 0 Å². The molecular formula is C9H13N5S. The van der Waals surface area contributed by atoms with Crippen LogP contribution in [-0.4, -0.2) is 25.7 Å². The van der Waals surface area contributed by atoms with E-state index >= 15 is 0 Å². The first-order chi connectivity index (χ1) is 7.40. The van der Waals surface area contributed by atoms with Gasteiger partial charge >= 0.3 is 0 Å². The predicted octanol–water partition coefficient (Wildman–Crippen LogP) is 1.60. The molecule has 0 aromatic carbocycles. The summed E-state index contributed by atoms with van der Waals surface area (Å²) in [5.74, 6) is 0. The first-order valence-electron chi connectivity index (χ1n) is 4.91. The maximum Gasteiger partial charge on any atom is 0.135 e. The van der Waals surface area contributed by atoms with Gasteiger partial charge in [0.1, 0.15) is 10.7 Å². The zero-order valence-corrected chi connectivity index (χ0v) is 9.37. The van der Waals surface area contributed by atoms with Crippen molar-refractivity contribution >= 4 is 16.5 Å². The maximum atomic E-state index is 4.10. The van der Waals surface area contributed by atoms with Crippen molar-refractivity contribution in [3.63, 3.8) is 0 Å². The quantitative estimate of drug-likeness (QED) is 0.836. The third-order valence-electron chi connectivity index (χ3n) is 1.98. The molecule has 2 aromatic rings. The summed E-state index contributed by atoms with van der Waals surface area (Å²) in [5.41, 5.74) is 0.978. The van der Waals surface area contributed by atoms with E-state index < -0.39 is 0 Å². The van der Waals surface area contributed by atoms with Crippen LogP contribution in [0.3, 0.4) is 0 Å². The fraction of sp³-hybridized carbons (Fsp3) is 0.444. The molecule has 80 valence electrons. The molecule has 5 nitrogen and oxygen atoms in total. The van der Waals surface area contributed by atoms with E-state index in [1.807, 2.05) is 10.8 Å². The van der Waals surface area contributed by atoms with Crippen LogP contribution >= 0.6 is 11.5 Å². The molecule has 0 saturated carbocycles. The van der Waals surface area contributed by atoms with Gasteiger partial charge in [0.25, 0.3) is 0 Å². The summed E-state index contributed by atoms with van der Waals surface area (Å²) in [5, 5.41) is 8.48. The van der Waals surface area contributed by atoms with Crippen LogP contribution in [-0.2, 0) is 6.54 Å². The smallest absolute Gasteiger partial charge is 0.135 e. The second-order valence-corrected chi connectivity index (χ2v) is 3.96. The minimum atomic E-state index is 0.725. The van der Waals surface area contributed by atoms with Crippen LogP contribution in [0.5, 0.6) is 0 Å². The summed E-state index contributed by atoms with van der Waals surface area (Å²) in [7, 11) is 0. The molecule has 0 fully saturated rings. The van der Waals surface area contributed by atoms with Crippen molar-refractivity contribution in [1.82, 2.24) is 19.1 Å². The standard InChI is InChI=1S/C9H13N5S/c1-2-3-11-9-8(12-13-15-9)6-14-5-4-10-7-14/h4-5,7,11H,2-3,6H2,1H3. The highest BCUT2D eigenvalue weighted by Crippen LogP contribution is 2.18. The second-order valence-electron chi connectivity index (χ2n) is 3.21. The van der Waals surface area contributed by atoms with Crippen LogP contribution in [0, 0.1) is 0 Å². The fourth-order valence-corrected chi connectivity index (χ4v) is 1.84. The van der Waals surface area contributed by atoms with Crippen molar-refractivity contribution in [2.75, 3.05) is 11.9 Å². The van der Waals surface area contributed by atoms with Crippen molar-refractivity contribution in [1.29, 1.82) is 0 Å². The molecule has 0 aliphatic carbocycles. The summed E-state index contributed by atoms with van der Waals surface area (Å²) in [6, 6.07) is 0. The van der Waals surface area contributed by atoms with Gasteiger partial charge in [-0.2, -0.15) is 0 Å². The van der Waals surface area contributed by atoms with Gasteiger partial charge < -0.3 is 9.88 Å². The molecule has 2 rings (SSSR count). The normalized spacial score (nSPS) is 10.5. The minimum absolute atomic E-state index is 0.725. The van der Waals surface area contributed by atoms with Crippen molar-refractivity contribution in [2.24, 2.45) is 0 Å². The number of hydrogen-bond donors (Lipinski definition) is 1. The van der Waals surface area contributed by atoms with Crippen LogP contribution in [0.2, 0.25) is 0 Å². The summed E-state index contributed by atoms with van der Waals surface area (Å²) in [6.45, 7) is 3.82. The van der Waals surface area contributed by atoms with Crippen molar-refractivity contribution in [2.45, 2.75) is 19.9 Å². The Hall–Kier alpha value is -1.43. The molecule has 0 saturated heterocycles. The van der Waals surface area contributed by atoms with E-state index in [0.29, 0.717) is 0 Å².